The summed E-state index contributed by atoms with van der Waals surface area (Å²) in [5, 5.41) is 3.47. The Kier molecular flexibility index (Phi) is 3.51. The minimum atomic E-state index is 0.252. The number of carbonyl (C=O) groups is 1. The van der Waals surface area contributed by atoms with E-state index < -0.39 is 0 Å². The summed E-state index contributed by atoms with van der Waals surface area (Å²) in [5.41, 5.74) is 1.23. The van der Waals surface area contributed by atoms with Gasteiger partial charge in [-0.1, -0.05) is 0 Å². The second kappa shape index (κ2) is 5.07. The van der Waals surface area contributed by atoms with E-state index >= 15 is 0 Å². The zero-order valence-corrected chi connectivity index (χ0v) is 9.52. The van der Waals surface area contributed by atoms with Crippen molar-refractivity contribution in [1.82, 2.24) is 15.2 Å². The number of piperidine rings is 1. The Morgan fingerprint density at radius 2 is 2.25 bits per heavy atom. The third-order valence-corrected chi connectivity index (χ3v) is 2.97. The second-order valence-corrected chi connectivity index (χ2v) is 4.25. The second-order valence-electron chi connectivity index (χ2n) is 4.25. The lowest BCUT2D eigenvalue weighted by Crippen LogP contribution is -2.46. The van der Waals surface area contributed by atoms with E-state index in [0.29, 0.717) is 12.5 Å². The Bertz CT molecular complexity index is 353. The van der Waals surface area contributed by atoms with E-state index in [0.717, 1.165) is 19.5 Å². The van der Waals surface area contributed by atoms with Crippen molar-refractivity contribution in [2.45, 2.75) is 25.4 Å². The molecule has 4 heteroatoms. The van der Waals surface area contributed by atoms with Gasteiger partial charge in [-0.2, -0.15) is 0 Å². The van der Waals surface area contributed by atoms with E-state index in [4.69, 9.17) is 0 Å². The number of hydrogen-bond acceptors (Lipinski definition) is 3. The van der Waals surface area contributed by atoms with Gasteiger partial charge in [0.1, 0.15) is 0 Å². The zero-order chi connectivity index (χ0) is 11.4. The molecule has 0 aromatic carbocycles. The van der Waals surface area contributed by atoms with Crippen molar-refractivity contribution in [3.05, 3.63) is 30.1 Å². The smallest absolute Gasteiger partial charge is 0.222 e. The highest BCUT2D eigenvalue weighted by atomic mass is 16.2. The first-order valence-electron chi connectivity index (χ1n) is 5.62. The molecule has 1 aliphatic heterocycles. The maximum absolute atomic E-state index is 11.3. The highest BCUT2D eigenvalue weighted by molar-refractivity contribution is 5.76. The first-order chi connectivity index (χ1) is 7.75. The maximum Gasteiger partial charge on any atom is 0.222 e. The average Bonchev–Trinajstić information content (AvgIpc) is 2.32. The summed E-state index contributed by atoms with van der Waals surface area (Å²) in [5.74, 6) is 0.252. The fourth-order valence-corrected chi connectivity index (χ4v) is 1.94. The summed E-state index contributed by atoms with van der Waals surface area (Å²) >= 11 is 0. The molecule has 0 saturated carbocycles. The van der Waals surface area contributed by atoms with Gasteiger partial charge >= 0.3 is 0 Å². The van der Waals surface area contributed by atoms with Crippen LogP contribution >= 0.6 is 0 Å². The number of carbonyl (C=O) groups excluding carboxylic acids is 1. The Balaban J connectivity index is 1.81. The number of nitrogens with zero attached hydrogens (tertiary/aromatic N) is 2. The van der Waals surface area contributed by atoms with Crippen molar-refractivity contribution in [3.63, 3.8) is 0 Å². The van der Waals surface area contributed by atoms with Gasteiger partial charge in [0.05, 0.1) is 0 Å². The number of likely N-dealkylation sites (N-methyl/N-ethyl adjacent to an activating group) is 1. The quantitative estimate of drug-likeness (QED) is 0.817. The fraction of sp³-hybridized carbons (Fsp3) is 0.500. The molecule has 16 heavy (non-hydrogen) atoms. The van der Waals surface area contributed by atoms with Crippen molar-refractivity contribution in [3.8, 4) is 0 Å². The van der Waals surface area contributed by atoms with Gasteiger partial charge in [0.2, 0.25) is 5.91 Å². The highest BCUT2D eigenvalue weighted by Gasteiger charge is 2.21. The molecule has 0 radical (unpaired) electrons. The molecule has 1 aliphatic rings. The van der Waals surface area contributed by atoms with Crippen LogP contribution in [0.25, 0.3) is 0 Å². The van der Waals surface area contributed by atoms with Gasteiger partial charge in [0, 0.05) is 45.0 Å². The Morgan fingerprint density at radius 3 is 2.94 bits per heavy atom. The van der Waals surface area contributed by atoms with Gasteiger partial charge in [-0.15, -0.1) is 0 Å². The number of hydrogen-bond donors (Lipinski definition) is 1. The first-order valence-corrected chi connectivity index (χ1v) is 5.62. The van der Waals surface area contributed by atoms with Crippen LogP contribution in [0.3, 0.4) is 0 Å². The molecular weight excluding hydrogens is 202 g/mol. The molecule has 1 aromatic heterocycles. The van der Waals surface area contributed by atoms with Crippen LogP contribution in [-0.2, 0) is 11.3 Å². The van der Waals surface area contributed by atoms with E-state index in [2.05, 4.69) is 10.3 Å². The number of amides is 1. The Morgan fingerprint density at radius 1 is 1.50 bits per heavy atom. The SMILES string of the molecule is CN1CC(NCc2ccncc2)CCC1=O. The van der Waals surface area contributed by atoms with E-state index in [1.807, 2.05) is 19.2 Å². The van der Waals surface area contributed by atoms with Crippen LogP contribution in [0.4, 0.5) is 0 Å². The van der Waals surface area contributed by atoms with E-state index in [9.17, 15) is 4.79 Å². The lowest BCUT2D eigenvalue weighted by molar-refractivity contribution is -0.132. The number of nitrogens with one attached hydrogen (secondary N) is 1. The predicted molar refractivity (Wildman–Crippen MR) is 61.7 cm³/mol. The van der Waals surface area contributed by atoms with Crippen LogP contribution in [0.2, 0.25) is 0 Å². The van der Waals surface area contributed by atoms with Gasteiger partial charge in [0.25, 0.3) is 0 Å². The molecule has 1 aromatic rings. The molecule has 0 bridgehead atoms. The van der Waals surface area contributed by atoms with Crippen LogP contribution in [0.1, 0.15) is 18.4 Å². The zero-order valence-electron chi connectivity index (χ0n) is 9.52. The molecule has 1 N–H and O–H groups in total. The summed E-state index contributed by atoms with van der Waals surface area (Å²) in [7, 11) is 1.86. The summed E-state index contributed by atoms with van der Waals surface area (Å²) in [4.78, 5) is 17.1. The van der Waals surface area contributed by atoms with Gasteiger partial charge in [-0.05, 0) is 24.1 Å². The van der Waals surface area contributed by atoms with E-state index in [1.54, 1.807) is 17.3 Å². The topological polar surface area (TPSA) is 45.2 Å². The molecular formula is C12H17N3O. The largest absolute Gasteiger partial charge is 0.344 e. The normalized spacial score (nSPS) is 21.2. The van der Waals surface area contributed by atoms with Crippen LogP contribution in [0, 0.1) is 0 Å². The van der Waals surface area contributed by atoms with E-state index in [1.165, 1.54) is 5.56 Å². The van der Waals surface area contributed by atoms with Crippen LogP contribution in [0.15, 0.2) is 24.5 Å². The molecule has 2 heterocycles. The van der Waals surface area contributed by atoms with Crippen molar-refractivity contribution in [1.29, 1.82) is 0 Å². The maximum atomic E-state index is 11.3. The number of likely N-dealkylation sites (tertiary alicyclic amines) is 1. The summed E-state index contributed by atoms with van der Waals surface area (Å²) in [6.07, 6.45) is 5.19. The number of pyridine rings is 1. The molecule has 0 spiro atoms. The monoisotopic (exact) mass is 219 g/mol. The number of aromatic nitrogens is 1. The Hall–Kier alpha value is -1.42. The van der Waals surface area contributed by atoms with Gasteiger partial charge in [0.15, 0.2) is 0 Å². The number of rotatable bonds is 3. The highest BCUT2D eigenvalue weighted by Crippen LogP contribution is 2.10. The Labute approximate surface area is 95.7 Å². The van der Waals surface area contributed by atoms with Gasteiger partial charge in [-0.3, -0.25) is 9.78 Å². The van der Waals surface area contributed by atoms with Crippen LogP contribution < -0.4 is 5.32 Å². The molecule has 0 aliphatic carbocycles. The molecule has 2 rings (SSSR count). The van der Waals surface area contributed by atoms with Crippen LogP contribution in [0.5, 0.6) is 0 Å². The van der Waals surface area contributed by atoms with Crippen molar-refractivity contribution in [2.24, 2.45) is 0 Å². The third-order valence-electron chi connectivity index (χ3n) is 2.97. The summed E-state index contributed by atoms with van der Waals surface area (Å²) in [6.45, 7) is 1.65. The molecule has 1 atom stereocenters. The van der Waals surface area contributed by atoms with Gasteiger partial charge < -0.3 is 10.2 Å². The molecule has 1 unspecified atom stereocenters. The molecule has 86 valence electrons. The summed E-state index contributed by atoms with van der Waals surface area (Å²) in [6, 6.07) is 4.42. The van der Waals surface area contributed by atoms with E-state index in [-0.39, 0.29) is 5.91 Å². The lowest BCUT2D eigenvalue weighted by Gasteiger charge is -2.30. The predicted octanol–water partition coefficient (Wildman–Crippen LogP) is 0.792. The average molecular weight is 219 g/mol. The fourth-order valence-electron chi connectivity index (χ4n) is 1.94. The molecule has 1 amide bonds. The molecule has 1 saturated heterocycles. The lowest BCUT2D eigenvalue weighted by atomic mass is 10.1. The third kappa shape index (κ3) is 2.79. The first kappa shape index (κ1) is 11.1. The van der Waals surface area contributed by atoms with Crippen LogP contribution in [-0.4, -0.2) is 35.4 Å². The molecule has 1 fully saturated rings. The van der Waals surface area contributed by atoms with Gasteiger partial charge in [-0.25, -0.2) is 0 Å². The van der Waals surface area contributed by atoms with Crippen molar-refractivity contribution in [2.75, 3.05) is 13.6 Å². The molecule has 4 nitrogen and oxygen atoms in total. The minimum absolute atomic E-state index is 0.252. The van der Waals surface area contributed by atoms with Crippen molar-refractivity contribution >= 4 is 5.91 Å². The summed E-state index contributed by atoms with van der Waals surface area (Å²) < 4.78 is 0. The van der Waals surface area contributed by atoms with Crippen molar-refractivity contribution < 1.29 is 4.79 Å². The minimum Gasteiger partial charge on any atom is -0.344 e. The standard InChI is InChI=1S/C12H17N3O/c1-15-9-11(2-3-12(15)16)14-8-10-4-6-13-7-5-10/h4-7,11,14H,2-3,8-9H2,1H3.